The Hall–Kier alpha value is -0.620. The lowest BCUT2D eigenvalue weighted by Gasteiger charge is -2.36. The minimum Gasteiger partial charge on any atom is -0.393 e. The summed E-state index contributed by atoms with van der Waals surface area (Å²) in [6.07, 6.45) is 0.167. The molecule has 1 fully saturated rings. The van der Waals surface area contributed by atoms with Crippen molar-refractivity contribution in [2.24, 2.45) is 5.41 Å². The Morgan fingerprint density at radius 1 is 1.78 bits per heavy atom. The average molecular weight is 129 g/mol. The van der Waals surface area contributed by atoms with Gasteiger partial charge < -0.3 is 5.11 Å². The van der Waals surface area contributed by atoms with Crippen LogP contribution in [0.5, 0.6) is 0 Å². The van der Waals surface area contributed by atoms with Crippen LogP contribution in [0.2, 0.25) is 0 Å². The largest absolute Gasteiger partial charge is 0.393 e. The second kappa shape index (κ2) is 1.96. The van der Waals surface area contributed by atoms with Gasteiger partial charge in [-0.15, -0.1) is 0 Å². The summed E-state index contributed by atoms with van der Waals surface area (Å²) in [6.45, 7) is -0.624. The number of rotatable bonds is 1. The zero-order valence-electron chi connectivity index (χ0n) is 4.97. The molecule has 50 valence electrons. The Balaban J connectivity index is 2.48. The molecule has 0 unspecified atom stereocenters. The van der Waals surface area contributed by atoms with E-state index in [4.69, 9.17) is 10.4 Å². The van der Waals surface area contributed by atoms with Crippen LogP contribution in [0.15, 0.2) is 0 Å². The topological polar surface area (TPSA) is 44.0 Å². The number of nitrogens with zero attached hydrogens (tertiary/aromatic N) is 1. The number of hydrogen-bond donors (Lipinski definition) is 1. The molecule has 1 rings (SSSR count). The van der Waals surface area contributed by atoms with E-state index in [1.807, 2.05) is 6.07 Å². The molecular formula is C6H8FNO. The van der Waals surface area contributed by atoms with Gasteiger partial charge in [0.1, 0.15) is 6.67 Å². The van der Waals surface area contributed by atoms with Crippen molar-refractivity contribution in [3.8, 4) is 6.07 Å². The average Bonchev–Trinajstić information content (AvgIpc) is 1.81. The van der Waals surface area contributed by atoms with Gasteiger partial charge in [0.05, 0.1) is 17.6 Å². The number of aliphatic hydroxyl groups is 1. The molecule has 0 aromatic carbocycles. The van der Waals surface area contributed by atoms with E-state index >= 15 is 0 Å². The Morgan fingerprint density at radius 2 is 2.33 bits per heavy atom. The highest BCUT2D eigenvalue weighted by Crippen LogP contribution is 2.40. The molecule has 2 nitrogen and oxygen atoms in total. The van der Waals surface area contributed by atoms with E-state index in [1.165, 1.54) is 0 Å². The van der Waals surface area contributed by atoms with Gasteiger partial charge in [-0.25, -0.2) is 4.39 Å². The van der Waals surface area contributed by atoms with E-state index < -0.39 is 18.2 Å². The van der Waals surface area contributed by atoms with Crippen LogP contribution in [0.3, 0.4) is 0 Å². The quantitative estimate of drug-likeness (QED) is 0.564. The molecule has 3 heteroatoms. The number of alkyl halides is 1. The summed E-state index contributed by atoms with van der Waals surface area (Å²) in [4.78, 5) is 0. The lowest BCUT2D eigenvalue weighted by atomic mass is 9.69. The molecule has 1 aliphatic rings. The fraction of sp³-hybridized carbons (Fsp3) is 0.833. The van der Waals surface area contributed by atoms with Crippen molar-refractivity contribution in [2.45, 2.75) is 18.9 Å². The van der Waals surface area contributed by atoms with Crippen LogP contribution in [0, 0.1) is 16.7 Å². The predicted octanol–water partition coefficient (Wildman–Crippen LogP) is 0.621. The van der Waals surface area contributed by atoms with Crippen LogP contribution < -0.4 is 0 Å². The van der Waals surface area contributed by atoms with Crippen molar-refractivity contribution >= 4 is 0 Å². The molecule has 0 atom stereocenters. The van der Waals surface area contributed by atoms with Gasteiger partial charge in [0.2, 0.25) is 0 Å². The standard InChI is InChI=1S/C6H8FNO/c7-3-6(4-8)1-5(9)2-6/h5,9H,1-3H2. The Labute approximate surface area is 52.9 Å². The highest BCUT2D eigenvalue weighted by molar-refractivity contribution is 5.08. The van der Waals surface area contributed by atoms with Gasteiger partial charge in [-0.3, -0.25) is 0 Å². The first-order valence-corrected chi connectivity index (χ1v) is 2.88. The summed E-state index contributed by atoms with van der Waals surface area (Å²) in [5, 5.41) is 17.1. The molecule has 1 N–H and O–H groups in total. The second-order valence-electron chi connectivity index (χ2n) is 2.59. The smallest absolute Gasteiger partial charge is 0.108 e. The summed E-state index contributed by atoms with van der Waals surface area (Å²) in [5.74, 6) is 0. The Bertz CT molecular complexity index is 146. The van der Waals surface area contributed by atoms with Crippen LogP contribution in [-0.2, 0) is 0 Å². The monoisotopic (exact) mass is 129 g/mol. The van der Waals surface area contributed by atoms with Gasteiger partial charge in [0.25, 0.3) is 0 Å². The maximum atomic E-state index is 11.9. The number of nitriles is 1. The lowest BCUT2D eigenvalue weighted by molar-refractivity contribution is -0.0100. The van der Waals surface area contributed by atoms with E-state index in [1.54, 1.807) is 0 Å². The summed E-state index contributed by atoms with van der Waals surface area (Å²) in [6, 6.07) is 1.86. The number of hydrogen-bond acceptors (Lipinski definition) is 2. The third-order valence-electron chi connectivity index (χ3n) is 1.75. The maximum absolute atomic E-state index is 11.9. The van der Waals surface area contributed by atoms with Gasteiger partial charge in [0, 0.05) is 0 Å². The normalized spacial score (nSPS) is 41.2. The minimum atomic E-state index is -0.834. The molecular weight excluding hydrogens is 121 g/mol. The fourth-order valence-corrected chi connectivity index (χ4v) is 1.07. The highest BCUT2D eigenvalue weighted by Gasteiger charge is 2.44. The zero-order chi connectivity index (χ0) is 6.91. The SMILES string of the molecule is N#CC1(CF)CC(O)C1. The zero-order valence-corrected chi connectivity index (χ0v) is 4.97. The van der Waals surface area contributed by atoms with Crippen molar-refractivity contribution in [3.05, 3.63) is 0 Å². The highest BCUT2D eigenvalue weighted by atomic mass is 19.1. The van der Waals surface area contributed by atoms with Crippen molar-refractivity contribution in [3.63, 3.8) is 0 Å². The van der Waals surface area contributed by atoms with Crippen LogP contribution in [0.25, 0.3) is 0 Å². The molecule has 0 aliphatic heterocycles. The van der Waals surface area contributed by atoms with Crippen molar-refractivity contribution < 1.29 is 9.50 Å². The minimum absolute atomic E-state index is 0.306. The molecule has 9 heavy (non-hydrogen) atoms. The van der Waals surface area contributed by atoms with Gasteiger partial charge >= 0.3 is 0 Å². The lowest BCUT2D eigenvalue weighted by Crippen LogP contribution is -2.41. The molecule has 1 aliphatic carbocycles. The van der Waals surface area contributed by atoms with E-state index in [2.05, 4.69) is 0 Å². The van der Waals surface area contributed by atoms with Gasteiger partial charge in [0.15, 0.2) is 0 Å². The first-order chi connectivity index (χ1) is 4.22. The molecule has 0 aromatic heterocycles. The Kier molecular flexibility index (Phi) is 1.42. The van der Waals surface area contributed by atoms with Crippen LogP contribution in [0.1, 0.15) is 12.8 Å². The molecule has 0 spiro atoms. The van der Waals surface area contributed by atoms with E-state index in [0.29, 0.717) is 12.8 Å². The van der Waals surface area contributed by atoms with E-state index in [9.17, 15) is 4.39 Å². The number of halogens is 1. The molecule has 0 aromatic rings. The van der Waals surface area contributed by atoms with Crippen molar-refractivity contribution in [2.75, 3.05) is 6.67 Å². The van der Waals surface area contributed by atoms with Gasteiger partial charge in [-0.1, -0.05) is 0 Å². The summed E-state index contributed by atoms with van der Waals surface area (Å²) in [5.41, 5.74) is -0.834. The van der Waals surface area contributed by atoms with Crippen LogP contribution in [-0.4, -0.2) is 17.9 Å². The molecule has 0 radical (unpaired) electrons. The molecule has 0 saturated heterocycles. The third-order valence-corrected chi connectivity index (χ3v) is 1.75. The first-order valence-electron chi connectivity index (χ1n) is 2.88. The van der Waals surface area contributed by atoms with Crippen molar-refractivity contribution in [1.29, 1.82) is 5.26 Å². The summed E-state index contributed by atoms with van der Waals surface area (Å²) >= 11 is 0. The van der Waals surface area contributed by atoms with E-state index in [-0.39, 0.29) is 0 Å². The third kappa shape index (κ3) is 0.903. The summed E-state index contributed by atoms with van der Waals surface area (Å²) < 4.78 is 11.9. The summed E-state index contributed by atoms with van der Waals surface area (Å²) in [7, 11) is 0. The Morgan fingerprint density at radius 3 is 2.44 bits per heavy atom. The predicted molar refractivity (Wildman–Crippen MR) is 29.3 cm³/mol. The fourth-order valence-electron chi connectivity index (χ4n) is 1.07. The molecule has 0 amide bonds. The number of aliphatic hydroxyl groups excluding tert-OH is 1. The van der Waals surface area contributed by atoms with Gasteiger partial charge in [-0.05, 0) is 12.8 Å². The molecule has 1 saturated carbocycles. The van der Waals surface area contributed by atoms with Crippen molar-refractivity contribution in [1.82, 2.24) is 0 Å². The molecule has 0 bridgehead atoms. The van der Waals surface area contributed by atoms with E-state index in [0.717, 1.165) is 0 Å². The van der Waals surface area contributed by atoms with Gasteiger partial charge in [-0.2, -0.15) is 5.26 Å². The second-order valence-corrected chi connectivity index (χ2v) is 2.59. The maximum Gasteiger partial charge on any atom is 0.108 e. The van der Waals surface area contributed by atoms with Crippen LogP contribution >= 0.6 is 0 Å². The van der Waals surface area contributed by atoms with Crippen LogP contribution in [0.4, 0.5) is 4.39 Å². The molecule has 0 heterocycles. The first kappa shape index (κ1) is 6.50.